The molecule has 1 aromatic carbocycles. The molecule has 2 atom stereocenters. The predicted molar refractivity (Wildman–Crippen MR) is 90.5 cm³/mol. The van der Waals surface area contributed by atoms with Crippen molar-refractivity contribution in [1.82, 2.24) is 0 Å². The molecule has 24 heavy (non-hydrogen) atoms. The number of aliphatic hydroxyl groups is 1. The van der Waals surface area contributed by atoms with E-state index in [9.17, 15) is 15.0 Å². The van der Waals surface area contributed by atoms with Gasteiger partial charge in [-0.05, 0) is 47.6 Å². The molecule has 2 N–H and O–H groups in total. The molecule has 0 bridgehead atoms. The van der Waals surface area contributed by atoms with Crippen LogP contribution in [-0.4, -0.2) is 21.9 Å². The van der Waals surface area contributed by atoms with Crippen molar-refractivity contribution in [2.45, 2.75) is 37.8 Å². The van der Waals surface area contributed by atoms with Crippen molar-refractivity contribution >= 4 is 5.97 Å². The lowest BCUT2D eigenvalue weighted by molar-refractivity contribution is -0.146. The van der Waals surface area contributed by atoms with Gasteiger partial charge in [-0.25, -0.2) is 4.39 Å². The van der Waals surface area contributed by atoms with E-state index in [0.29, 0.717) is 17.6 Å². The number of benzene rings is 1. The van der Waals surface area contributed by atoms with E-state index in [1.807, 2.05) is 13.8 Å². The monoisotopic (exact) mass is 328 g/mol. The van der Waals surface area contributed by atoms with E-state index < -0.39 is 22.5 Å². The number of carboxylic acids is 1. The summed E-state index contributed by atoms with van der Waals surface area (Å²) in [6.07, 6.45) is 6.85. The summed E-state index contributed by atoms with van der Waals surface area (Å²) in [4.78, 5) is 12.3. The van der Waals surface area contributed by atoms with Crippen LogP contribution in [0.5, 0.6) is 0 Å². The molecule has 3 rings (SSSR count). The lowest BCUT2D eigenvalue weighted by Crippen LogP contribution is -2.55. The SMILES string of the molecule is CC1(C)CCC=C1C1(F)C=CC(O)=CC1(C(=O)O)c1ccccc1. The third-order valence-electron chi connectivity index (χ3n) is 5.23. The largest absolute Gasteiger partial charge is 0.508 e. The second-order valence-corrected chi connectivity index (χ2v) is 7.13. The highest BCUT2D eigenvalue weighted by Gasteiger charge is 2.62. The molecule has 0 saturated heterocycles. The molecular weight excluding hydrogens is 307 g/mol. The number of carbonyl (C=O) groups is 1. The summed E-state index contributed by atoms with van der Waals surface area (Å²) < 4.78 is 16.5. The first kappa shape index (κ1) is 16.5. The summed E-state index contributed by atoms with van der Waals surface area (Å²) in [5, 5.41) is 20.1. The minimum Gasteiger partial charge on any atom is -0.508 e. The van der Waals surface area contributed by atoms with E-state index >= 15 is 4.39 Å². The molecule has 2 aliphatic rings. The summed E-state index contributed by atoms with van der Waals surface area (Å²) in [5.41, 5.74) is -3.93. The first-order valence-corrected chi connectivity index (χ1v) is 8.04. The van der Waals surface area contributed by atoms with Gasteiger partial charge in [0.05, 0.1) is 0 Å². The third kappa shape index (κ3) is 2.13. The second-order valence-electron chi connectivity index (χ2n) is 7.13. The Morgan fingerprint density at radius 1 is 1.21 bits per heavy atom. The Balaban J connectivity index is 2.32. The van der Waals surface area contributed by atoms with Gasteiger partial charge in [-0.2, -0.15) is 0 Å². The van der Waals surface area contributed by atoms with Gasteiger partial charge in [0, 0.05) is 0 Å². The number of carboxylic acid groups (broad SMARTS) is 1. The van der Waals surface area contributed by atoms with E-state index in [-0.39, 0.29) is 5.76 Å². The van der Waals surface area contributed by atoms with Crippen molar-refractivity contribution in [3.63, 3.8) is 0 Å². The second kappa shape index (κ2) is 5.33. The zero-order chi connectivity index (χ0) is 17.6. The van der Waals surface area contributed by atoms with Gasteiger partial charge in [-0.15, -0.1) is 0 Å². The van der Waals surface area contributed by atoms with Crippen molar-refractivity contribution in [2.75, 3.05) is 0 Å². The maximum Gasteiger partial charge on any atom is 0.322 e. The molecule has 3 nitrogen and oxygen atoms in total. The molecule has 4 heteroatoms. The highest BCUT2D eigenvalue weighted by Crippen LogP contribution is 2.56. The van der Waals surface area contributed by atoms with Gasteiger partial charge in [-0.1, -0.05) is 50.3 Å². The maximum absolute atomic E-state index is 16.5. The standard InChI is InChI=1S/C20H21FO3/c1-18(2)11-6-9-16(18)20(21)12-10-15(22)13-19(20,17(23)24)14-7-4-3-5-8-14/h3-5,7-10,12-13,22H,6,11H2,1-2H3,(H,23,24). The van der Waals surface area contributed by atoms with Gasteiger partial charge < -0.3 is 10.2 Å². The number of hydrogen-bond donors (Lipinski definition) is 2. The van der Waals surface area contributed by atoms with Gasteiger partial charge in [0.1, 0.15) is 5.76 Å². The molecule has 2 unspecified atom stereocenters. The lowest BCUT2D eigenvalue weighted by atomic mass is 9.59. The van der Waals surface area contributed by atoms with Gasteiger partial charge in [0.15, 0.2) is 11.1 Å². The average Bonchev–Trinajstić information content (AvgIpc) is 2.90. The Morgan fingerprint density at radius 2 is 1.88 bits per heavy atom. The zero-order valence-corrected chi connectivity index (χ0v) is 13.8. The summed E-state index contributed by atoms with van der Waals surface area (Å²) in [7, 11) is 0. The van der Waals surface area contributed by atoms with E-state index in [4.69, 9.17) is 0 Å². The number of alkyl halides is 1. The molecule has 0 heterocycles. The topological polar surface area (TPSA) is 57.5 Å². The van der Waals surface area contributed by atoms with Crippen LogP contribution in [0.2, 0.25) is 0 Å². The molecule has 126 valence electrons. The minimum atomic E-state index is -2.24. The number of allylic oxidation sites excluding steroid dienone is 4. The molecule has 0 aliphatic heterocycles. The summed E-state index contributed by atoms with van der Waals surface area (Å²) in [6, 6.07) is 8.29. The van der Waals surface area contributed by atoms with Crippen molar-refractivity contribution in [3.05, 3.63) is 71.5 Å². The van der Waals surface area contributed by atoms with Crippen LogP contribution in [-0.2, 0) is 10.2 Å². The van der Waals surface area contributed by atoms with Crippen LogP contribution >= 0.6 is 0 Å². The molecule has 1 aromatic rings. The third-order valence-corrected chi connectivity index (χ3v) is 5.23. The highest BCUT2D eigenvalue weighted by atomic mass is 19.1. The lowest BCUT2D eigenvalue weighted by Gasteiger charge is -2.45. The summed E-state index contributed by atoms with van der Waals surface area (Å²) in [6.45, 7) is 3.85. The molecule has 0 amide bonds. The molecule has 2 aliphatic carbocycles. The van der Waals surface area contributed by atoms with Crippen LogP contribution in [0.25, 0.3) is 0 Å². The molecule has 0 aromatic heterocycles. The van der Waals surface area contributed by atoms with E-state index in [2.05, 4.69) is 0 Å². The van der Waals surface area contributed by atoms with E-state index in [0.717, 1.165) is 12.5 Å². The highest BCUT2D eigenvalue weighted by molar-refractivity contribution is 5.89. The van der Waals surface area contributed by atoms with Crippen LogP contribution in [0.1, 0.15) is 32.3 Å². The Labute approximate surface area is 140 Å². The van der Waals surface area contributed by atoms with Crippen LogP contribution in [0.4, 0.5) is 4.39 Å². The quantitative estimate of drug-likeness (QED) is 0.805. The smallest absolute Gasteiger partial charge is 0.322 e. The maximum atomic E-state index is 16.5. The fourth-order valence-electron chi connectivity index (χ4n) is 3.97. The van der Waals surface area contributed by atoms with Gasteiger partial charge in [-0.3, -0.25) is 4.79 Å². The molecule has 0 fully saturated rings. The number of aliphatic hydroxyl groups excluding tert-OH is 1. The van der Waals surface area contributed by atoms with Crippen LogP contribution in [0.3, 0.4) is 0 Å². The first-order valence-electron chi connectivity index (χ1n) is 8.04. The average molecular weight is 328 g/mol. The van der Waals surface area contributed by atoms with Crippen molar-refractivity contribution in [1.29, 1.82) is 0 Å². The van der Waals surface area contributed by atoms with Gasteiger partial charge >= 0.3 is 5.97 Å². The Morgan fingerprint density at radius 3 is 2.42 bits per heavy atom. The molecule has 0 spiro atoms. The number of rotatable bonds is 3. The minimum absolute atomic E-state index is 0.245. The van der Waals surface area contributed by atoms with Crippen LogP contribution in [0.15, 0.2) is 66.0 Å². The zero-order valence-electron chi connectivity index (χ0n) is 13.8. The summed E-state index contributed by atoms with van der Waals surface area (Å²) >= 11 is 0. The van der Waals surface area contributed by atoms with Crippen molar-refractivity contribution in [3.8, 4) is 0 Å². The van der Waals surface area contributed by atoms with Crippen LogP contribution in [0, 0.1) is 5.41 Å². The van der Waals surface area contributed by atoms with Crippen molar-refractivity contribution < 1.29 is 19.4 Å². The normalized spacial score (nSPS) is 31.5. The molecule has 0 saturated carbocycles. The van der Waals surface area contributed by atoms with Crippen molar-refractivity contribution in [2.24, 2.45) is 5.41 Å². The van der Waals surface area contributed by atoms with E-state index in [1.54, 1.807) is 36.4 Å². The first-order chi connectivity index (χ1) is 11.2. The number of aliphatic carboxylic acids is 1. The Bertz CT molecular complexity index is 760. The van der Waals surface area contributed by atoms with Crippen LogP contribution < -0.4 is 0 Å². The Hall–Kier alpha value is -2.36. The fourth-order valence-corrected chi connectivity index (χ4v) is 3.97. The number of halogens is 1. The van der Waals surface area contributed by atoms with Gasteiger partial charge in [0.25, 0.3) is 0 Å². The molecular formula is C20H21FO3. The van der Waals surface area contributed by atoms with Gasteiger partial charge in [0.2, 0.25) is 0 Å². The van der Waals surface area contributed by atoms with E-state index in [1.165, 1.54) is 12.2 Å². The Kier molecular flexibility index (Phi) is 3.67. The fraction of sp³-hybridized carbons (Fsp3) is 0.350. The predicted octanol–water partition coefficient (Wildman–Crippen LogP) is 4.48. The number of hydrogen-bond acceptors (Lipinski definition) is 2. The summed E-state index contributed by atoms with van der Waals surface area (Å²) in [5.74, 6) is -1.57. The molecule has 0 radical (unpaired) electrons.